The van der Waals surface area contributed by atoms with E-state index in [0.29, 0.717) is 30.8 Å². The van der Waals surface area contributed by atoms with E-state index in [1.807, 2.05) is 6.92 Å². The highest BCUT2D eigenvalue weighted by Gasteiger charge is 2.21. The standard InChI is InChI=1S/C9H10ClIN2O2/c1-5-7(11)8(10)13-9(12-5)6-4-14-2-3-15-6/h6H,2-4H2,1H3. The number of aryl methyl sites for hydroxylation is 1. The molecule has 1 aromatic heterocycles. The molecule has 6 heteroatoms. The van der Waals surface area contributed by atoms with Gasteiger partial charge in [0.25, 0.3) is 0 Å². The first kappa shape index (κ1) is 11.5. The minimum Gasteiger partial charge on any atom is -0.376 e. The van der Waals surface area contributed by atoms with Crippen molar-refractivity contribution < 1.29 is 9.47 Å². The molecule has 1 aliphatic heterocycles. The van der Waals surface area contributed by atoms with Crippen molar-refractivity contribution in [1.82, 2.24) is 9.97 Å². The first-order chi connectivity index (χ1) is 7.18. The molecular weight excluding hydrogens is 330 g/mol. The Balaban J connectivity index is 2.27. The summed E-state index contributed by atoms with van der Waals surface area (Å²) >= 11 is 8.11. The Labute approximate surface area is 106 Å². The Morgan fingerprint density at radius 1 is 1.40 bits per heavy atom. The van der Waals surface area contributed by atoms with Gasteiger partial charge in [-0.1, -0.05) is 11.6 Å². The maximum Gasteiger partial charge on any atom is 0.161 e. The molecule has 1 fully saturated rings. The number of ether oxygens (including phenoxy) is 2. The summed E-state index contributed by atoms with van der Waals surface area (Å²) in [5.74, 6) is 0.609. The van der Waals surface area contributed by atoms with Crippen molar-refractivity contribution in [2.45, 2.75) is 13.0 Å². The zero-order valence-corrected chi connectivity index (χ0v) is 11.1. The lowest BCUT2D eigenvalue weighted by atomic mass is 10.3. The summed E-state index contributed by atoms with van der Waals surface area (Å²) in [7, 11) is 0. The van der Waals surface area contributed by atoms with Crippen LogP contribution in [0.25, 0.3) is 0 Å². The van der Waals surface area contributed by atoms with Crippen molar-refractivity contribution >= 4 is 34.2 Å². The van der Waals surface area contributed by atoms with Crippen molar-refractivity contribution in [2.24, 2.45) is 0 Å². The van der Waals surface area contributed by atoms with Gasteiger partial charge in [-0.2, -0.15) is 0 Å². The quantitative estimate of drug-likeness (QED) is 0.580. The van der Waals surface area contributed by atoms with Gasteiger partial charge < -0.3 is 9.47 Å². The Hall–Kier alpha value is 0.0200. The summed E-state index contributed by atoms with van der Waals surface area (Å²) in [4.78, 5) is 8.55. The van der Waals surface area contributed by atoms with Crippen LogP contribution in [0.15, 0.2) is 0 Å². The average Bonchev–Trinajstić information content (AvgIpc) is 2.26. The molecule has 1 atom stereocenters. The van der Waals surface area contributed by atoms with Crippen LogP contribution in [0, 0.1) is 10.5 Å². The maximum absolute atomic E-state index is 5.98. The van der Waals surface area contributed by atoms with E-state index in [0.717, 1.165) is 9.26 Å². The van der Waals surface area contributed by atoms with E-state index in [1.165, 1.54) is 0 Å². The highest BCUT2D eigenvalue weighted by Crippen LogP contribution is 2.23. The fraction of sp³-hybridized carbons (Fsp3) is 0.556. The van der Waals surface area contributed by atoms with Crippen LogP contribution in [0.4, 0.5) is 0 Å². The van der Waals surface area contributed by atoms with Crippen molar-refractivity contribution in [1.29, 1.82) is 0 Å². The van der Waals surface area contributed by atoms with Crippen LogP contribution in [-0.2, 0) is 9.47 Å². The molecule has 0 aliphatic carbocycles. The second-order valence-electron chi connectivity index (χ2n) is 3.21. The van der Waals surface area contributed by atoms with Crippen LogP contribution in [0.5, 0.6) is 0 Å². The van der Waals surface area contributed by atoms with Crippen LogP contribution in [0.3, 0.4) is 0 Å². The molecule has 0 amide bonds. The largest absolute Gasteiger partial charge is 0.376 e. The van der Waals surface area contributed by atoms with E-state index >= 15 is 0 Å². The molecular formula is C9H10ClIN2O2. The number of hydrogen-bond acceptors (Lipinski definition) is 4. The molecule has 1 unspecified atom stereocenters. The molecule has 2 heterocycles. The molecule has 4 nitrogen and oxygen atoms in total. The third-order valence-corrected chi connectivity index (χ3v) is 3.98. The highest BCUT2D eigenvalue weighted by molar-refractivity contribution is 14.1. The van der Waals surface area contributed by atoms with E-state index < -0.39 is 0 Å². The summed E-state index contributed by atoms with van der Waals surface area (Å²) in [6.07, 6.45) is -0.188. The van der Waals surface area contributed by atoms with E-state index in [2.05, 4.69) is 32.6 Å². The molecule has 15 heavy (non-hydrogen) atoms. The molecule has 0 aromatic carbocycles. The van der Waals surface area contributed by atoms with Crippen molar-refractivity contribution in [3.05, 3.63) is 20.2 Å². The SMILES string of the molecule is Cc1nc(C2COCCO2)nc(Cl)c1I. The van der Waals surface area contributed by atoms with Gasteiger partial charge in [-0.15, -0.1) is 0 Å². The van der Waals surface area contributed by atoms with Crippen LogP contribution in [0.1, 0.15) is 17.6 Å². The van der Waals surface area contributed by atoms with Gasteiger partial charge in [-0.3, -0.25) is 0 Å². The van der Waals surface area contributed by atoms with E-state index in [9.17, 15) is 0 Å². The lowest BCUT2D eigenvalue weighted by molar-refractivity contribution is -0.0935. The molecule has 0 N–H and O–H groups in total. The Bertz CT molecular complexity index is 346. The molecule has 0 saturated carbocycles. The van der Waals surface area contributed by atoms with E-state index in [-0.39, 0.29) is 6.10 Å². The molecule has 1 saturated heterocycles. The maximum atomic E-state index is 5.98. The van der Waals surface area contributed by atoms with Gasteiger partial charge in [-0.25, -0.2) is 9.97 Å². The van der Waals surface area contributed by atoms with Crippen LogP contribution < -0.4 is 0 Å². The summed E-state index contributed by atoms with van der Waals surface area (Å²) in [6, 6.07) is 0. The highest BCUT2D eigenvalue weighted by atomic mass is 127. The Kier molecular flexibility index (Phi) is 3.76. The molecule has 0 radical (unpaired) electrons. The summed E-state index contributed by atoms with van der Waals surface area (Å²) < 4.78 is 11.7. The third kappa shape index (κ3) is 2.58. The summed E-state index contributed by atoms with van der Waals surface area (Å²) in [5, 5.41) is 0.479. The number of aromatic nitrogens is 2. The fourth-order valence-electron chi connectivity index (χ4n) is 1.33. The van der Waals surface area contributed by atoms with Gasteiger partial charge in [0, 0.05) is 0 Å². The minimum absolute atomic E-state index is 0.188. The second kappa shape index (κ2) is 4.90. The predicted molar refractivity (Wildman–Crippen MR) is 64.0 cm³/mol. The minimum atomic E-state index is -0.188. The van der Waals surface area contributed by atoms with Gasteiger partial charge in [0.05, 0.1) is 29.1 Å². The smallest absolute Gasteiger partial charge is 0.161 e. The van der Waals surface area contributed by atoms with Gasteiger partial charge >= 0.3 is 0 Å². The number of nitrogens with zero attached hydrogens (tertiary/aromatic N) is 2. The first-order valence-electron chi connectivity index (χ1n) is 4.57. The van der Waals surface area contributed by atoms with Crippen molar-refractivity contribution in [3.63, 3.8) is 0 Å². The average molecular weight is 341 g/mol. The van der Waals surface area contributed by atoms with Crippen molar-refractivity contribution in [3.8, 4) is 0 Å². The lowest BCUT2D eigenvalue weighted by Gasteiger charge is -2.22. The van der Waals surface area contributed by atoms with Gasteiger partial charge in [-0.05, 0) is 29.5 Å². The van der Waals surface area contributed by atoms with Crippen molar-refractivity contribution in [2.75, 3.05) is 19.8 Å². The molecule has 2 rings (SSSR count). The summed E-state index contributed by atoms with van der Waals surface area (Å²) in [5.41, 5.74) is 0.875. The number of rotatable bonds is 1. The molecule has 1 aliphatic rings. The molecule has 82 valence electrons. The number of halogens is 2. The van der Waals surface area contributed by atoms with Crippen LogP contribution in [-0.4, -0.2) is 29.8 Å². The third-order valence-electron chi connectivity index (χ3n) is 2.10. The molecule has 0 bridgehead atoms. The zero-order valence-electron chi connectivity index (χ0n) is 8.17. The summed E-state index contributed by atoms with van der Waals surface area (Å²) in [6.45, 7) is 3.61. The topological polar surface area (TPSA) is 44.2 Å². The van der Waals surface area contributed by atoms with Gasteiger partial charge in [0.2, 0.25) is 0 Å². The van der Waals surface area contributed by atoms with Crippen LogP contribution >= 0.6 is 34.2 Å². The Morgan fingerprint density at radius 2 is 2.20 bits per heavy atom. The van der Waals surface area contributed by atoms with E-state index in [4.69, 9.17) is 21.1 Å². The predicted octanol–water partition coefficient (Wildman–Crippen LogP) is 2.13. The molecule has 1 aromatic rings. The normalized spacial score (nSPS) is 21.7. The van der Waals surface area contributed by atoms with Crippen LogP contribution in [0.2, 0.25) is 5.15 Å². The fourth-order valence-corrected chi connectivity index (χ4v) is 1.79. The van der Waals surface area contributed by atoms with E-state index in [1.54, 1.807) is 0 Å². The zero-order chi connectivity index (χ0) is 10.8. The van der Waals surface area contributed by atoms with Gasteiger partial charge in [0.1, 0.15) is 11.3 Å². The molecule has 0 spiro atoms. The monoisotopic (exact) mass is 340 g/mol. The Morgan fingerprint density at radius 3 is 2.80 bits per heavy atom. The lowest BCUT2D eigenvalue weighted by Crippen LogP contribution is -2.24. The number of hydrogen-bond donors (Lipinski definition) is 0. The second-order valence-corrected chi connectivity index (χ2v) is 4.64. The van der Waals surface area contributed by atoms with Gasteiger partial charge in [0.15, 0.2) is 5.82 Å². The first-order valence-corrected chi connectivity index (χ1v) is 6.03.